The van der Waals surface area contributed by atoms with E-state index in [0.29, 0.717) is 5.56 Å². The Labute approximate surface area is 95.7 Å². The lowest BCUT2D eigenvalue weighted by Gasteiger charge is -2.19. The number of rotatable bonds is 2. The Bertz CT molecular complexity index is 407. The second-order valence-electron chi connectivity index (χ2n) is 4.57. The second-order valence-corrected chi connectivity index (χ2v) is 4.57. The molecule has 0 radical (unpaired) electrons. The minimum Gasteiger partial charge on any atom is -0.460 e. The Kier molecular flexibility index (Phi) is 3.68. The lowest BCUT2D eigenvalue weighted by atomic mass is 10.1. The smallest absolute Gasteiger partial charge is 0.310 e. The normalized spacial score (nSPS) is 10.6. The van der Waals surface area contributed by atoms with Crippen molar-refractivity contribution in [2.75, 3.05) is 0 Å². The van der Waals surface area contributed by atoms with Gasteiger partial charge in [-0.25, -0.2) is 0 Å². The van der Waals surface area contributed by atoms with E-state index in [1.54, 1.807) is 24.3 Å². The van der Waals surface area contributed by atoms with E-state index >= 15 is 0 Å². The first-order chi connectivity index (χ1) is 7.40. The first kappa shape index (κ1) is 12.3. The van der Waals surface area contributed by atoms with Gasteiger partial charge in [-0.1, -0.05) is 12.1 Å². The number of carbonyl (C=O) groups is 1. The highest BCUT2D eigenvalue weighted by atomic mass is 16.6. The lowest BCUT2D eigenvalue weighted by molar-refractivity contribution is -0.153. The van der Waals surface area contributed by atoms with Gasteiger partial charge in [0, 0.05) is 0 Å². The molecule has 0 aromatic heterocycles. The van der Waals surface area contributed by atoms with Crippen LogP contribution in [-0.2, 0) is 16.0 Å². The van der Waals surface area contributed by atoms with E-state index < -0.39 is 5.60 Å². The Morgan fingerprint density at radius 3 is 2.31 bits per heavy atom. The van der Waals surface area contributed by atoms with E-state index in [-0.39, 0.29) is 12.4 Å². The molecule has 0 amide bonds. The molecule has 0 saturated carbocycles. The Morgan fingerprint density at radius 2 is 1.88 bits per heavy atom. The van der Waals surface area contributed by atoms with Crippen LogP contribution in [0.5, 0.6) is 0 Å². The molecule has 0 spiro atoms. The summed E-state index contributed by atoms with van der Waals surface area (Å²) in [6.07, 6.45) is 0.239. The average molecular weight is 217 g/mol. The zero-order chi connectivity index (χ0) is 12.2. The fourth-order valence-corrected chi connectivity index (χ4v) is 1.24. The fraction of sp³-hybridized carbons (Fsp3) is 0.385. The number of esters is 1. The van der Waals surface area contributed by atoms with Crippen molar-refractivity contribution in [2.45, 2.75) is 32.8 Å². The van der Waals surface area contributed by atoms with E-state index in [9.17, 15) is 4.79 Å². The quantitative estimate of drug-likeness (QED) is 0.715. The molecule has 0 aliphatic carbocycles. The summed E-state index contributed by atoms with van der Waals surface area (Å²) in [6.45, 7) is 5.51. The lowest BCUT2D eigenvalue weighted by Crippen LogP contribution is -2.24. The van der Waals surface area contributed by atoms with Crippen LogP contribution in [0.4, 0.5) is 0 Å². The molecule has 0 saturated heterocycles. The van der Waals surface area contributed by atoms with Gasteiger partial charge in [0.25, 0.3) is 0 Å². The highest BCUT2D eigenvalue weighted by Crippen LogP contribution is 2.10. The summed E-state index contributed by atoms with van der Waals surface area (Å²) in [4.78, 5) is 11.5. The van der Waals surface area contributed by atoms with Crippen molar-refractivity contribution in [3.63, 3.8) is 0 Å². The molecule has 0 aliphatic rings. The van der Waals surface area contributed by atoms with Gasteiger partial charge in [0.2, 0.25) is 0 Å². The Balaban J connectivity index is 2.61. The van der Waals surface area contributed by atoms with Crippen LogP contribution < -0.4 is 0 Å². The molecule has 1 aromatic carbocycles. The molecule has 16 heavy (non-hydrogen) atoms. The van der Waals surface area contributed by atoms with Crippen molar-refractivity contribution >= 4 is 5.97 Å². The van der Waals surface area contributed by atoms with Crippen LogP contribution in [0.25, 0.3) is 0 Å². The maximum absolute atomic E-state index is 11.5. The predicted molar refractivity (Wildman–Crippen MR) is 60.7 cm³/mol. The molecule has 3 heteroatoms. The third-order valence-corrected chi connectivity index (χ3v) is 1.85. The van der Waals surface area contributed by atoms with E-state index in [4.69, 9.17) is 10.00 Å². The van der Waals surface area contributed by atoms with E-state index in [1.165, 1.54) is 0 Å². The number of ether oxygens (including phenoxy) is 1. The van der Waals surface area contributed by atoms with Gasteiger partial charge in [0.15, 0.2) is 0 Å². The average Bonchev–Trinajstić information content (AvgIpc) is 2.16. The number of hydrogen-bond donors (Lipinski definition) is 0. The summed E-state index contributed by atoms with van der Waals surface area (Å²) < 4.78 is 5.19. The predicted octanol–water partition coefficient (Wildman–Crippen LogP) is 2.44. The van der Waals surface area contributed by atoms with Gasteiger partial charge >= 0.3 is 5.97 Å². The van der Waals surface area contributed by atoms with Crippen molar-refractivity contribution in [3.05, 3.63) is 35.4 Å². The number of benzene rings is 1. The van der Waals surface area contributed by atoms with E-state index in [0.717, 1.165) is 5.56 Å². The first-order valence-corrected chi connectivity index (χ1v) is 5.11. The van der Waals surface area contributed by atoms with Crippen molar-refractivity contribution in [1.82, 2.24) is 0 Å². The SMILES string of the molecule is CC(C)(C)OC(=O)Cc1ccc(C#N)cc1. The van der Waals surface area contributed by atoms with Crippen LogP contribution in [-0.4, -0.2) is 11.6 Å². The standard InChI is InChI=1S/C13H15NO2/c1-13(2,3)16-12(15)8-10-4-6-11(9-14)7-5-10/h4-7H,8H2,1-3H3. The fourth-order valence-electron chi connectivity index (χ4n) is 1.24. The van der Waals surface area contributed by atoms with Gasteiger partial charge in [-0.2, -0.15) is 5.26 Å². The van der Waals surface area contributed by atoms with Gasteiger partial charge in [-0.15, -0.1) is 0 Å². The highest BCUT2D eigenvalue weighted by molar-refractivity contribution is 5.73. The third kappa shape index (κ3) is 4.14. The zero-order valence-electron chi connectivity index (χ0n) is 9.78. The molecule has 1 rings (SSSR count). The molecule has 0 atom stereocenters. The van der Waals surface area contributed by atoms with Crippen molar-refractivity contribution in [1.29, 1.82) is 5.26 Å². The van der Waals surface area contributed by atoms with Crippen LogP contribution in [0.15, 0.2) is 24.3 Å². The monoisotopic (exact) mass is 217 g/mol. The molecule has 1 aromatic rings. The summed E-state index contributed by atoms with van der Waals surface area (Å²) in [5.74, 6) is -0.253. The van der Waals surface area contributed by atoms with Crippen LogP contribution in [0.1, 0.15) is 31.9 Å². The molecule has 0 bridgehead atoms. The van der Waals surface area contributed by atoms with Crippen molar-refractivity contribution in [2.24, 2.45) is 0 Å². The molecule has 84 valence electrons. The minimum atomic E-state index is -0.455. The summed E-state index contributed by atoms with van der Waals surface area (Å²) >= 11 is 0. The van der Waals surface area contributed by atoms with Crippen LogP contribution >= 0.6 is 0 Å². The van der Waals surface area contributed by atoms with Gasteiger partial charge < -0.3 is 4.74 Å². The number of hydrogen-bond acceptors (Lipinski definition) is 3. The minimum absolute atomic E-state index is 0.239. The van der Waals surface area contributed by atoms with Gasteiger partial charge in [0.05, 0.1) is 18.1 Å². The molecular formula is C13H15NO2. The number of carbonyl (C=O) groups excluding carboxylic acids is 1. The summed E-state index contributed by atoms with van der Waals surface area (Å²) in [6, 6.07) is 8.95. The highest BCUT2D eigenvalue weighted by Gasteiger charge is 2.16. The molecule has 0 unspecified atom stereocenters. The summed E-state index contributed by atoms with van der Waals surface area (Å²) in [5, 5.41) is 8.62. The van der Waals surface area contributed by atoms with Crippen LogP contribution in [0.2, 0.25) is 0 Å². The topological polar surface area (TPSA) is 50.1 Å². The first-order valence-electron chi connectivity index (χ1n) is 5.11. The number of nitriles is 1. The van der Waals surface area contributed by atoms with Gasteiger partial charge in [-0.3, -0.25) is 4.79 Å². The summed E-state index contributed by atoms with van der Waals surface area (Å²) in [5.41, 5.74) is 0.991. The van der Waals surface area contributed by atoms with E-state index in [2.05, 4.69) is 0 Å². The molecule has 0 heterocycles. The maximum Gasteiger partial charge on any atom is 0.310 e. The number of nitrogens with zero attached hydrogens (tertiary/aromatic N) is 1. The molecule has 3 nitrogen and oxygen atoms in total. The molecular weight excluding hydrogens is 202 g/mol. The van der Waals surface area contributed by atoms with Gasteiger partial charge in [-0.05, 0) is 38.5 Å². The van der Waals surface area contributed by atoms with E-state index in [1.807, 2.05) is 26.8 Å². The molecule has 0 fully saturated rings. The second kappa shape index (κ2) is 4.80. The van der Waals surface area contributed by atoms with Crippen molar-refractivity contribution in [3.8, 4) is 6.07 Å². The van der Waals surface area contributed by atoms with Crippen molar-refractivity contribution < 1.29 is 9.53 Å². The largest absolute Gasteiger partial charge is 0.460 e. The zero-order valence-corrected chi connectivity index (χ0v) is 9.78. The van der Waals surface area contributed by atoms with Crippen LogP contribution in [0.3, 0.4) is 0 Å². The molecule has 0 aliphatic heterocycles. The van der Waals surface area contributed by atoms with Gasteiger partial charge in [0.1, 0.15) is 5.60 Å². The van der Waals surface area contributed by atoms with Crippen LogP contribution in [0, 0.1) is 11.3 Å². The third-order valence-electron chi connectivity index (χ3n) is 1.85. The Morgan fingerprint density at radius 1 is 1.31 bits per heavy atom. The Hall–Kier alpha value is -1.82. The maximum atomic E-state index is 11.5. The molecule has 0 N–H and O–H groups in total. The summed E-state index contributed by atoms with van der Waals surface area (Å²) in [7, 11) is 0.